The fourth-order valence-electron chi connectivity index (χ4n) is 2.26. The van der Waals surface area contributed by atoms with Crippen LogP contribution in [0.4, 0.5) is 5.82 Å². The van der Waals surface area contributed by atoms with Gasteiger partial charge < -0.3 is 10.3 Å². The molecule has 0 atom stereocenters. The van der Waals surface area contributed by atoms with Gasteiger partial charge >= 0.3 is 0 Å². The number of rotatable bonds is 2. The first-order valence-corrected chi connectivity index (χ1v) is 5.82. The summed E-state index contributed by atoms with van der Waals surface area (Å²) < 4.78 is 5.18. The second-order valence-corrected chi connectivity index (χ2v) is 4.42. The summed E-state index contributed by atoms with van der Waals surface area (Å²) in [6.45, 7) is 2.78. The predicted molar refractivity (Wildman–Crippen MR) is 65.2 cm³/mol. The van der Waals surface area contributed by atoms with Crippen molar-refractivity contribution in [3.63, 3.8) is 0 Å². The van der Waals surface area contributed by atoms with Crippen LogP contribution in [0.5, 0.6) is 0 Å². The molecular weight excluding hydrogens is 214 g/mol. The molecule has 3 rings (SSSR count). The number of nitrogens with zero attached hydrogens (tertiary/aromatic N) is 2. The molecule has 4 nitrogen and oxygen atoms in total. The first-order valence-electron chi connectivity index (χ1n) is 5.82. The van der Waals surface area contributed by atoms with Gasteiger partial charge in [-0.2, -0.15) is 0 Å². The SMILES string of the molecule is Nc1noc2c1CN(Cc1ccccc1)CC2. The maximum atomic E-state index is 5.79. The Bertz CT molecular complexity index is 507. The molecule has 0 saturated carbocycles. The number of fused-ring (bicyclic) bond motifs is 1. The Morgan fingerprint density at radius 2 is 2.12 bits per heavy atom. The molecule has 0 bridgehead atoms. The Kier molecular flexibility index (Phi) is 2.57. The lowest BCUT2D eigenvalue weighted by Crippen LogP contribution is -2.29. The third-order valence-electron chi connectivity index (χ3n) is 3.19. The zero-order valence-electron chi connectivity index (χ0n) is 9.60. The average Bonchev–Trinajstić information content (AvgIpc) is 2.73. The van der Waals surface area contributed by atoms with Gasteiger partial charge in [0, 0.05) is 26.1 Å². The normalized spacial score (nSPS) is 15.8. The van der Waals surface area contributed by atoms with Gasteiger partial charge in [0.25, 0.3) is 0 Å². The van der Waals surface area contributed by atoms with Crippen LogP contribution >= 0.6 is 0 Å². The van der Waals surface area contributed by atoms with Crippen molar-refractivity contribution < 1.29 is 4.52 Å². The van der Waals surface area contributed by atoms with Gasteiger partial charge in [-0.05, 0) is 5.56 Å². The summed E-state index contributed by atoms with van der Waals surface area (Å²) in [4.78, 5) is 2.37. The lowest BCUT2D eigenvalue weighted by Gasteiger charge is -2.25. The second-order valence-electron chi connectivity index (χ2n) is 4.42. The average molecular weight is 229 g/mol. The second kappa shape index (κ2) is 4.22. The van der Waals surface area contributed by atoms with Crippen LogP contribution in [-0.4, -0.2) is 16.6 Å². The van der Waals surface area contributed by atoms with E-state index >= 15 is 0 Å². The van der Waals surface area contributed by atoms with E-state index in [9.17, 15) is 0 Å². The van der Waals surface area contributed by atoms with E-state index in [0.29, 0.717) is 5.82 Å². The Morgan fingerprint density at radius 3 is 2.94 bits per heavy atom. The van der Waals surface area contributed by atoms with E-state index in [0.717, 1.165) is 37.4 Å². The van der Waals surface area contributed by atoms with Crippen LogP contribution in [0.15, 0.2) is 34.9 Å². The highest BCUT2D eigenvalue weighted by atomic mass is 16.5. The molecule has 1 aromatic heterocycles. The zero-order valence-corrected chi connectivity index (χ0v) is 9.60. The summed E-state index contributed by atoms with van der Waals surface area (Å²) in [6, 6.07) is 10.5. The number of nitrogen functional groups attached to an aromatic ring is 1. The van der Waals surface area contributed by atoms with Crippen LogP contribution in [0.2, 0.25) is 0 Å². The van der Waals surface area contributed by atoms with E-state index in [1.54, 1.807) is 0 Å². The molecule has 0 unspecified atom stereocenters. The first kappa shape index (κ1) is 10.4. The van der Waals surface area contributed by atoms with E-state index in [4.69, 9.17) is 10.3 Å². The summed E-state index contributed by atoms with van der Waals surface area (Å²) in [6.07, 6.45) is 0.895. The highest BCUT2D eigenvalue weighted by Gasteiger charge is 2.22. The van der Waals surface area contributed by atoms with Gasteiger partial charge in [-0.15, -0.1) is 0 Å². The monoisotopic (exact) mass is 229 g/mol. The molecule has 4 heteroatoms. The van der Waals surface area contributed by atoms with Gasteiger partial charge in [-0.3, -0.25) is 4.90 Å². The molecule has 0 radical (unpaired) electrons. The molecule has 17 heavy (non-hydrogen) atoms. The maximum absolute atomic E-state index is 5.79. The van der Waals surface area contributed by atoms with Gasteiger partial charge in [0.2, 0.25) is 0 Å². The number of benzene rings is 1. The Balaban J connectivity index is 1.74. The summed E-state index contributed by atoms with van der Waals surface area (Å²) in [5.74, 6) is 1.49. The van der Waals surface area contributed by atoms with Crippen LogP contribution in [0.1, 0.15) is 16.9 Å². The number of aromatic nitrogens is 1. The number of anilines is 1. The third-order valence-corrected chi connectivity index (χ3v) is 3.19. The minimum atomic E-state index is 0.540. The standard InChI is InChI=1S/C13H15N3O/c14-13-11-9-16(7-6-12(11)17-15-13)8-10-4-2-1-3-5-10/h1-5H,6-9H2,(H2,14,15). The topological polar surface area (TPSA) is 55.3 Å². The Labute approximate surface area is 100 Å². The lowest BCUT2D eigenvalue weighted by molar-refractivity contribution is 0.228. The Hall–Kier alpha value is -1.81. The van der Waals surface area contributed by atoms with Crippen molar-refractivity contribution in [1.82, 2.24) is 10.1 Å². The molecule has 0 amide bonds. The lowest BCUT2D eigenvalue weighted by atomic mass is 10.1. The largest absolute Gasteiger partial charge is 0.381 e. The van der Waals surface area contributed by atoms with Crippen LogP contribution in [0.25, 0.3) is 0 Å². The van der Waals surface area contributed by atoms with Crippen molar-refractivity contribution in [2.24, 2.45) is 0 Å². The van der Waals surface area contributed by atoms with Crippen LogP contribution in [0.3, 0.4) is 0 Å². The quantitative estimate of drug-likeness (QED) is 0.853. The molecule has 1 aliphatic rings. The van der Waals surface area contributed by atoms with E-state index in [1.807, 2.05) is 6.07 Å². The van der Waals surface area contributed by atoms with Gasteiger partial charge in [-0.25, -0.2) is 0 Å². The third kappa shape index (κ3) is 2.03. The predicted octanol–water partition coefficient (Wildman–Crippen LogP) is 1.82. The van der Waals surface area contributed by atoms with Gasteiger partial charge in [0.15, 0.2) is 5.82 Å². The number of nitrogens with two attached hydrogens (primary N) is 1. The number of hydrogen-bond acceptors (Lipinski definition) is 4. The summed E-state index contributed by atoms with van der Waals surface area (Å²) in [5.41, 5.74) is 8.17. The molecule has 2 aromatic rings. The summed E-state index contributed by atoms with van der Waals surface area (Å²) in [5, 5.41) is 3.82. The zero-order chi connectivity index (χ0) is 11.7. The molecule has 1 aromatic carbocycles. The molecule has 2 heterocycles. The van der Waals surface area contributed by atoms with E-state index in [2.05, 4.69) is 34.3 Å². The minimum absolute atomic E-state index is 0.540. The molecule has 0 saturated heterocycles. The van der Waals surface area contributed by atoms with Crippen molar-refractivity contribution in [2.75, 3.05) is 12.3 Å². The summed E-state index contributed by atoms with van der Waals surface area (Å²) in [7, 11) is 0. The summed E-state index contributed by atoms with van der Waals surface area (Å²) >= 11 is 0. The van der Waals surface area contributed by atoms with Crippen LogP contribution in [0, 0.1) is 0 Å². The van der Waals surface area contributed by atoms with Crippen LogP contribution in [-0.2, 0) is 19.5 Å². The minimum Gasteiger partial charge on any atom is -0.381 e. The van der Waals surface area contributed by atoms with Crippen molar-refractivity contribution in [3.8, 4) is 0 Å². The number of hydrogen-bond donors (Lipinski definition) is 1. The molecule has 0 aliphatic carbocycles. The van der Waals surface area contributed by atoms with E-state index < -0.39 is 0 Å². The molecule has 88 valence electrons. The smallest absolute Gasteiger partial charge is 0.171 e. The van der Waals surface area contributed by atoms with E-state index in [-0.39, 0.29) is 0 Å². The molecule has 2 N–H and O–H groups in total. The fourth-order valence-corrected chi connectivity index (χ4v) is 2.26. The van der Waals surface area contributed by atoms with Crippen molar-refractivity contribution in [3.05, 3.63) is 47.2 Å². The first-order chi connectivity index (χ1) is 8.33. The van der Waals surface area contributed by atoms with Crippen molar-refractivity contribution >= 4 is 5.82 Å². The molecular formula is C13H15N3O. The molecule has 0 fully saturated rings. The van der Waals surface area contributed by atoms with Crippen LogP contribution < -0.4 is 5.73 Å². The maximum Gasteiger partial charge on any atom is 0.171 e. The molecule has 0 spiro atoms. The van der Waals surface area contributed by atoms with Crippen molar-refractivity contribution in [2.45, 2.75) is 19.5 Å². The highest BCUT2D eigenvalue weighted by Crippen LogP contribution is 2.24. The highest BCUT2D eigenvalue weighted by molar-refractivity contribution is 5.41. The molecule has 1 aliphatic heterocycles. The van der Waals surface area contributed by atoms with Gasteiger partial charge in [0.05, 0.1) is 5.56 Å². The van der Waals surface area contributed by atoms with Gasteiger partial charge in [-0.1, -0.05) is 35.5 Å². The van der Waals surface area contributed by atoms with Crippen molar-refractivity contribution in [1.29, 1.82) is 0 Å². The van der Waals surface area contributed by atoms with Gasteiger partial charge in [0.1, 0.15) is 5.76 Å². The fraction of sp³-hybridized carbons (Fsp3) is 0.308. The van der Waals surface area contributed by atoms with E-state index in [1.165, 1.54) is 5.56 Å². The Morgan fingerprint density at radius 1 is 1.29 bits per heavy atom.